The lowest BCUT2D eigenvalue weighted by Gasteiger charge is -2.31. The highest BCUT2D eigenvalue weighted by molar-refractivity contribution is 5.93. The zero-order chi connectivity index (χ0) is 28.5. The molecule has 0 bridgehead atoms. The van der Waals surface area contributed by atoms with E-state index < -0.39 is 5.54 Å². The van der Waals surface area contributed by atoms with E-state index in [0.717, 1.165) is 30.1 Å². The molecule has 214 valence electrons. The second-order valence-electron chi connectivity index (χ2n) is 10.7. The molecule has 1 saturated heterocycles. The van der Waals surface area contributed by atoms with Crippen molar-refractivity contribution in [1.82, 2.24) is 24.7 Å². The average molecular weight is 549 g/mol. The molecule has 0 unspecified atom stereocenters. The van der Waals surface area contributed by atoms with Gasteiger partial charge in [-0.1, -0.05) is 36.4 Å². The first-order chi connectivity index (χ1) is 19.2. The molecule has 3 aromatic rings. The lowest BCUT2D eigenvalue weighted by Crippen LogP contribution is -2.52. The molecule has 0 saturated carbocycles. The van der Waals surface area contributed by atoms with Gasteiger partial charge in [0, 0.05) is 49.5 Å². The quantitative estimate of drug-likeness (QED) is 0.397. The van der Waals surface area contributed by atoms with Crippen molar-refractivity contribution in [3.63, 3.8) is 0 Å². The van der Waals surface area contributed by atoms with Crippen LogP contribution in [-0.2, 0) is 9.53 Å². The summed E-state index contributed by atoms with van der Waals surface area (Å²) in [5.74, 6) is 0.751. The summed E-state index contributed by atoms with van der Waals surface area (Å²) < 4.78 is 13.0. The standard InChI is InChI=1S/C30H40N6O4/c1-5-40-25-13-9-12-24(20-25)36-21-26(23-10-7-6-8-11-23)31-28(36)32-27(37)22-35(29(38)33-30(2,3)4)15-14-34-16-18-39-19-17-34/h6-13,20-21H,5,14-19,22H2,1-4H3,(H,33,38)(H,31,32,37). The van der Waals surface area contributed by atoms with Gasteiger partial charge in [-0.15, -0.1) is 0 Å². The highest BCUT2D eigenvalue weighted by Crippen LogP contribution is 2.26. The third-order valence-electron chi connectivity index (χ3n) is 6.33. The van der Waals surface area contributed by atoms with E-state index in [-0.39, 0.29) is 18.5 Å². The van der Waals surface area contributed by atoms with Crippen LogP contribution < -0.4 is 15.4 Å². The van der Waals surface area contributed by atoms with Crippen molar-refractivity contribution in [3.05, 3.63) is 60.8 Å². The van der Waals surface area contributed by atoms with E-state index in [4.69, 9.17) is 14.5 Å². The predicted molar refractivity (Wildman–Crippen MR) is 156 cm³/mol. The number of morpholine rings is 1. The minimum atomic E-state index is -0.433. The van der Waals surface area contributed by atoms with E-state index >= 15 is 0 Å². The first kappa shape index (κ1) is 29.1. The van der Waals surface area contributed by atoms with Gasteiger partial charge in [0.1, 0.15) is 12.3 Å². The average Bonchev–Trinajstić information content (AvgIpc) is 3.35. The Morgan fingerprint density at radius 1 is 1.07 bits per heavy atom. The Hall–Kier alpha value is -3.89. The van der Waals surface area contributed by atoms with Crippen molar-refractivity contribution >= 4 is 17.9 Å². The number of anilines is 1. The number of benzene rings is 2. The molecule has 10 nitrogen and oxygen atoms in total. The summed E-state index contributed by atoms with van der Waals surface area (Å²) in [6, 6.07) is 17.1. The first-order valence-corrected chi connectivity index (χ1v) is 13.8. The normalized spacial score (nSPS) is 14.0. The number of aromatic nitrogens is 2. The molecule has 1 aliphatic rings. The van der Waals surface area contributed by atoms with Crippen LogP contribution in [0.1, 0.15) is 27.7 Å². The fraction of sp³-hybridized carbons (Fsp3) is 0.433. The van der Waals surface area contributed by atoms with Crippen molar-refractivity contribution in [2.24, 2.45) is 0 Å². The van der Waals surface area contributed by atoms with Crippen LogP contribution in [0.2, 0.25) is 0 Å². The third kappa shape index (κ3) is 8.30. The van der Waals surface area contributed by atoms with E-state index in [2.05, 4.69) is 15.5 Å². The van der Waals surface area contributed by atoms with Crippen LogP contribution >= 0.6 is 0 Å². The van der Waals surface area contributed by atoms with Gasteiger partial charge in [-0.05, 0) is 39.8 Å². The predicted octanol–water partition coefficient (Wildman–Crippen LogP) is 4.02. The van der Waals surface area contributed by atoms with Gasteiger partial charge in [-0.25, -0.2) is 9.78 Å². The molecule has 0 aliphatic carbocycles. The monoisotopic (exact) mass is 548 g/mol. The summed E-state index contributed by atoms with van der Waals surface area (Å²) in [6.45, 7) is 12.2. The highest BCUT2D eigenvalue weighted by Gasteiger charge is 2.24. The lowest BCUT2D eigenvalue weighted by atomic mass is 10.1. The Morgan fingerprint density at radius 2 is 1.82 bits per heavy atom. The molecule has 0 atom stereocenters. The number of carbonyl (C=O) groups excluding carboxylic acids is 2. The summed E-state index contributed by atoms with van der Waals surface area (Å²) in [5, 5.41) is 5.94. The van der Waals surface area contributed by atoms with Crippen molar-refractivity contribution < 1.29 is 19.1 Å². The zero-order valence-electron chi connectivity index (χ0n) is 23.9. The van der Waals surface area contributed by atoms with Crippen LogP contribution in [0, 0.1) is 0 Å². The van der Waals surface area contributed by atoms with E-state index in [0.29, 0.717) is 44.6 Å². The number of hydrogen-bond donors (Lipinski definition) is 2. The van der Waals surface area contributed by atoms with E-state index in [1.165, 1.54) is 0 Å². The number of nitrogens with zero attached hydrogens (tertiary/aromatic N) is 4. The second-order valence-corrected chi connectivity index (χ2v) is 10.7. The Labute approximate surface area is 236 Å². The van der Waals surface area contributed by atoms with Gasteiger partial charge in [-0.2, -0.15) is 0 Å². The van der Waals surface area contributed by atoms with Crippen LogP contribution in [0.25, 0.3) is 16.9 Å². The molecule has 0 radical (unpaired) electrons. The maximum atomic E-state index is 13.4. The fourth-order valence-electron chi connectivity index (χ4n) is 4.38. The minimum Gasteiger partial charge on any atom is -0.494 e. The van der Waals surface area contributed by atoms with Gasteiger partial charge in [0.2, 0.25) is 11.9 Å². The van der Waals surface area contributed by atoms with Crippen molar-refractivity contribution in [3.8, 4) is 22.7 Å². The number of rotatable bonds is 10. The number of carbonyl (C=O) groups is 2. The molecule has 40 heavy (non-hydrogen) atoms. The number of amides is 3. The SMILES string of the molecule is CCOc1cccc(-n2cc(-c3ccccc3)nc2NC(=O)CN(CCN2CCOCC2)C(=O)NC(C)(C)C)c1. The smallest absolute Gasteiger partial charge is 0.318 e. The van der Waals surface area contributed by atoms with Crippen molar-refractivity contribution in [1.29, 1.82) is 0 Å². The maximum Gasteiger partial charge on any atom is 0.318 e. The Kier molecular flexibility index (Phi) is 9.79. The highest BCUT2D eigenvalue weighted by atomic mass is 16.5. The van der Waals surface area contributed by atoms with Crippen molar-refractivity contribution in [2.75, 3.05) is 57.9 Å². The molecule has 2 aromatic carbocycles. The molecule has 10 heteroatoms. The fourth-order valence-corrected chi connectivity index (χ4v) is 4.38. The molecular formula is C30H40N6O4. The Bertz CT molecular complexity index is 1260. The number of hydrogen-bond acceptors (Lipinski definition) is 6. The molecule has 2 heterocycles. The number of urea groups is 1. The first-order valence-electron chi connectivity index (χ1n) is 13.8. The molecule has 1 aliphatic heterocycles. The summed E-state index contributed by atoms with van der Waals surface area (Å²) in [5.41, 5.74) is 2.00. The maximum absolute atomic E-state index is 13.4. The van der Waals surface area contributed by atoms with Gasteiger partial charge < -0.3 is 19.7 Å². The van der Waals surface area contributed by atoms with Crippen LogP contribution in [-0.4, -0.2) is 89.4 Å². The zero-order valence-corrected chi connectivity index (χ0v) is 23.9. The molecule has 0 spiro atoms. The Morgan fingerprint density at radius 3 is 2.52 bits per heavy atom. The summed E-state index contributed by atoms with van der Waals surface area (Å²) in [4.78, 5) is 35.1. The molecule has 4 rings (SSSR count). The third-order valence-corrected chi connectivity index (χ3v) is 6.33. The lowest BCUT2D eigenvalue weighted by molar-refractivity contribution is -0.116. The van der Waals surface area contributed by atoms with E-state index in [1.54, 1.807) is 4.90 Å². The topological polar surface area (TPSA) is 101 Å². The number of ether oxygens (including phenoxy) is 2. The van der Waals surface area contributed by atoms with Crippen LogP contribution in [0.15, 0.2) is 60.8 Å². The molecular weight excluding hydrogens is 508 g/mol. The van der Waals surface area contributed by atoms with Gasteiger partial charge in [0.25, 0.3) is 0 Å². The van der Waals surface area contributed by atoms with Crippen molar-refractivity contribution in [2.45, 2.75) is 33.2 Å². The second kappa shape index (κ2) is 13.5. The number of nitrogens with one attached hydrogen (secondary N) is 2. The summed E-state index contributed by atoms with van der Waals surface area (Å²) in [7, 11) is 0. The van der Waals surface area contributed by atoms with Gasteiger partial charge in [0.15, 0.2) is 0 Å². The number of imidazole rings is 1. The van der Waals surface area contributed by atoms with Crippen LogP contribution in [0.5, 0.6) is 5.75 Å². The van der Waals surface area contributed by atoms with E-state index in [9.17, 15) is 9.59 Å². The van der Waals surface area contributed by atoms with Crippen LogP contribution in [0.3, 0.4) is 0 Å². The largest absolute Gasteiger partial charge is 0.494 e. The Balaban J connectivity index is 1.56. The molecule has 1 aromatic heterocycles. The van der Waals surface area contributed by atoms with Gasteiger partial charge >= 0.3 is 6.03 Å². The molecule has 2 N–H and O–H groups in total. The molecule has 1 fully saturated rings. The van der Waals surface area contributed by atoms with Crippen LogP contribution in [0.4, 0.5) is 10.7 Å². The molecule has 3 amide bonds. The minimum absolute atomic E-state index is 0.112. The van der Waals surface area contributed by atoms with Gasteiger partial charge in [-0.3, -0.25) is 19.6 Å². The summed E-state index contributed by atoms with van der Waals surface area (Å²) >= 11 is 0. The van der Waals surface area contributed by atoms with E-state index in [1.807, 2.05) is 93.1 Å². The summed E-state index contributed by atoms with van der Waals surface area (Å²) in [6.07, 6.45) is 1.89. The van der Waals surface area contributed by atoms with Gasteiger partial charge in [0.05, 0.1) is 31.2 Å².